The van der Waals surface area contributed by atoms with Gasteiger partial charge in [0.1, 0.15) is 5.82 Å². The molecule has 0 saturated heterocycles. The number of rotatable bonds is 3. The van der Waals surface area contributed by atoms with Gasteiger partial charge in [-0.25, -0.2) is 4.98 Å². The van der Waals surface area contributed by atoms with Crippen LogP contribution in [0.4, 0.5) is 0 Å². The van der Waals surface area contributed by atoms with E-state index in [2.05, 4.69) is 9.55 Å². The first-order valence-corrected chi connectivity index (χ1v) is 6.49. The van der Waals surface area contributed by atoms with Gasteiger partial charge in [-0.15, -0.1) is 0 Å². The molecule has 0 unspecified atom stereocenters. The van der Waals surface area contributed by atoms with Crippen LogP contribution in [-0.2, 0) is 19.4 Å². The van der Waals surface area contributed by atoms with Crippen LogP contribution in [0.1, 0.15) is 24.2 Å². The second-order valence-corrected chi connectivity index (χ2v) is 4.65. The predicted molar refractivity (Wildman–Crippen MR) is 69.2 cm³/mol. The van der Waals surface area contributed by atoms with Crippen LogP contribution in [0, 0.1) is 0 Å². The Hall–Kier alpha value is -1.68. The number of aliphatic hydroxyl groups is 1. The van der Waals surface area contributed by atoms with Gasteiger partial charge in [-0.05, 0) is 31.4 Å². The lowest BCUT2D eigenvalue weighted by Crippen LogP contribution is -2.12. The van der Waals surface area contributed by atoms with Crippen molar-refractivity contribution in [1.29, 1.82) is 0 Å². The van der Waals surface area contributed by atoms with Crippen molar-refractivity contribution in [2.75, 3.05) is 6.61 Å². The Labute approximate surface area is 106 Å². The Morgan fingerprint density at radius 1 is 1.33 bits per heavy atom. The molecule has 0 aliphatic carbocycles. The van der Waals surface area contributed by atoms with Gasteiger partial charge in [0.25, 0.3) is 0 Å². The fraction of sp³-hybridized carbons (Fsp3) is 0.429. The molecule has 1 aliphatic rings. The Morgan fingerprint density at radius 3 is 3.06 bits per heavy atom. The highest BCUT2D eigenvalue weighted by Gasteiger charge is 2.20. The number of aliphatic hydroxyl groups excluding tert-OH is 1. The van der Waals surface area contributed by atoms with Crippen molar-refractivity contribution in [3.8, 4) is 11.4 Å². The molecular formula is C14H17N3O. The predicted octanol–water partition coefficient (Wildman–Crippen LogP) is 1.82. The minimum Gasteiger partial charge on any atom is -0.396 e. The lowest BCUT2D eigenvalue weighted by molar-refractivity contribution is 0.297. The minimum absolute atomic E-state index is 0.163. The molecule has 0 aromatic carbocycles. The van der Waals surface area contributed by atoms with Crippen molar-refractivity contribution >= 4 is 0 Å². The maximum Gasteiger partial charge on any atom is 0.142 e. The monoisotopic (exact) mass is 243 g/mol. The Morgan fingerprint density at radius 2 is 2.28 bits per heavy atom. The maximum absolute atomic E-state index is 9.14. The summed E-state index contributed by atoms with van der Waals surface area (Å²) < 4.78 is 2.30. The quantitative estimate of drug-likeness (QED) is 0.894. The molecule has 0 bridgehead atoms. The number of pyridine rings is 1. The Bertz CT molecular complexity index is 533. The second-order valence-electron chi connectivity index (χ2n) is 4.65. The summed E-state index contributed by atoms with van der Waals surface area (Å²) in [6.07, 6.45) is 7.77. The molecule has 2 aromatic heterocycles. The van der Waals surface area contributed by atoms with Crippen LogP contribution >= 0.6 is 0 Å². The molecule has 0 fully saturated rings. The summed E-state index contributed by atoms with van der Waals surface area (Å²) in [5.74, 6) is 1.00. The summed E-state index contributed by atoms with van der Waals surface area (Å²) in [4.78, 5) is 8.88. The van der Waals surface area contributed by atoms with E-state index in [1.165, 1.54) is 18.5 Å². The Balaban J connectivity index is 2.09. The smallest absolute Gasteiger partial charge is 0.142 e. The number of nitrogens with zero attached hydrogens (tertiary/aromatic N) is 3. The van der Waals surface area contributed by atoms with Crippen LogP contribution < -0.4 is 0 Å². The lowest BCUT2D eigenvalue weighted by atomic mass is 10.1. The van der Waals surface area contributed by atoms with E-state index < -0.39 is 0 Å². The van der Waals surface area contributed by atoms with E-state index >= 15 is 0 Å². The number of hydrogen-bond acceptors (Lipinski definition) is 3. The van der Waals surface area contributed by atoms with Crippen LogP contribution in [0.25, 0.3) is 11.4 Å². The van der Waals surface area contributed by atoms with Gasteiger partial charge >= 0.3 is 0 Å². The number of hydrogen-bond donors (Lipinski definition) is 1. The summed E-state index contributed by atoms with van der Waals surface area (Å²) in [5, 5.41) is 9.14. The third-order valence-corrected chi connectivity index (χ3v) is 3.47. The lowest BCUT2D eigenvalue weighted by Gasteiger charge is -2.17. The zero-order valence-corrected chi connectivity index (χ0v) is 10.3. The zero-order valence-electron chi connectivity index (χ0n) is 10.3. The molecule has 0 amide bonds. The molecule has 0 atom stereocenters. The molecule has 2 aromatic rings. The van der Waals surface area contributed by atoms with E-state index in [0.29, 0.717) is 6.42 Å². The number of fused-ring (bicyclic) bond motifs is 1. The van der Waals surface area contributed by atoms with E-state index in [1.54, 1.807) is 6.20 Å². The fourth-order valence-corrected chi connectivity index (χ4v) is 2.64. The van der Waals surface area contributed by atoms with E-state index in [0.717, 1.165) is 30.0 Å². The number of aromatic nitrogens is 3. The molecule has 18 heavy (non-hydrogen) atoms. The van der Waals surface area contributed by atoms with Gasteiger partial charge in [-0.1, -0.05) is 0 Å². The highest BCUT2D eigenvalue weighted by Crippen LogP contribution is 2.27. The third kappa shape index (κ3) is 1.93. The zero-order chi connectivity index (χ0) is 12.4. The maximum atomic E-state index is 9.14. The molecule has 1 aliphatic heterocycles. The van der Waals surface area contributed by atoms with Gasteiger partial charge in [0.05, 0.1) is 5.69 Å². The first-order valence-electron chi connectivity index (χ1n) is 6.49. The van der Waals surface area contributed by atoms with Crippen LogP contribution in [0.2, 0.25) is 0 Å². The first kappa shape index (κ1) is 11.4. The average molecular weight is 243 g/mol. The van der Waals surface area contributed by atoms with Crippen LogP contribution in [0.3, 0.4) is 0 Å². The molecule has 4 heteroatoms. The van der Waals surface area contributed by atoms with Crippen LogP contribution in [-0.4, -0.2) is 26.2 Å². The van der Waals surface area contributed by atoms with E-state index in [-0.39, 0.29) is 6.61 Å². The summed E-state index contributed by atoms with van der Waals surface area (Å²) in [7, 11) is 0. The normalized spacial score (nSPS) is 14.5. The molecule has 0 radical (unpaired) electrons. The van der Waals surface area contributed by atoms with Crippen molar-refractivity contribution in [1.82, 2.24) is 14.5 Å². The molecule has 94 valence electrons. The fourth-order valence-electron chi connectivity index (χ4n) is 2.64. The SMILES string of the molecule is OCCc1nc(-c2cccnc2)n2c1CCCC2. The van der Waals surface area contributed by atoms with Crippen molar-refractivity contribution in [2.45, 2.75) is 32.2 Å². The minimum atomic E-state index is 0.163. The summed E-state index contributed by atoms with van der Waals surface area (Å²) in [6, 6.07) is 3.98. The highest BCUT2D eigenvalue weighted by atomic mass is 16.3. The molecule has 3 heterocycles. The largest absolute Gasteiger partial charge is 0.396 e. The van der Waals surface area contributed by atoms with Gasteiger partial charge in [-0.2, -0.15) is 0 Å². The molecule has 4 nitrogen and oxygen atoms in total. The summed E-state index contributed by atoms with van der Waals surface area (Å²) >= 11 is 0. The van der Waals surface area contributed by atoms with Gasteiger partial charge in [0.15, 0.2) is 0 Å². The van der Waals surface area contributed by atoms with Crippen molar-refractivity contribution in [3.05, 3.63) is 35.9 Å². The van der Waals surface area contributed by atoms with E-state index in [4.69, 9.17) is 10.1 Å². The average Bonchev–Trinajstić information content (AvgIpc) is 2.80. The van der Waals surface area contributed by atoms with Crippen molar-refractivity contribution in [3.63, 3.8) is 0 Å². The third-order valence-electron chi connectivity index (χ3n) is 3.47. The first-order chi connectivity index (χ1) is 8.90. The van der Waals surface area contributed by atoms with E-state index in [1.807, 2.05) is 18.3 Å². The molecule has 1 N–H and O–H groups in total. The summed E-state index contributed by atoms with van der Waals surface area (Å²) in [6.45, 7) is 1.19. The topological polar surface area (TPSA) is 50.9 Å². The van der Waals surface area contributed by atoms with Crippen molar-refractivity contribution < 1.29 is 5.11 Å². The highest BCUT2D eigenvalue weighted by molar-refractivity contribution is 5.55. The molecule has 0 spiro atoms. The number of imidazole rings is 1. The molecular weight excluding hydrogens is 226 g/mol. The standard InChI is InChI=1S/C14H17N3O/c18-9-6-12-13-5-1-2-8-17(13)14(16-12)11-4-3-7-15-10-11/h3-4,7,10,18H,1-2,5-6,8-9H2. The summed E-state index contributed by atoms with van der Waals surface area (Å²) in [5.41, 5.74) is 3.41. The Kier molecular flexibility index (Phi) is 3.11. The van der Waals surface area contributed by atoms with Gasteiger partial charge in [0, 0.05) is 43.2 Å². The molecule has 3 rings (SSSR count). The molecule has 0 saturated carbocycles. The van der Waals surface area contributed by atoms with Gasteiger partial charge < -0.3 is 9.67 Å². The van der Waals surface area contributed by atoms with Gasteiger partial charge in [-0.3, -0.25) is 4.98 Å². The van der Waals surface area contributed by atoms with E-state index in [9.17, 15) is 0 Å². The van der Waals surface area contributed by atoms with Crippen molar-refractivity contribution in [2.24, 2.45) is 0 Å². The van der Waals surface area contributed by atoms with Crippen LogP contribution in [0.5, 0.6) is 0 Å². The van der Waals surface area contributed by atoms with Gasteiger partial charge in [0.2, 0.25) is 0 Å². The van der Waals surface area contributed by atoms with Crippen LogP contribution in [0.15, 0.2) is 24.5 Å². The second kappa shape index (κ2) is 4.90.